The highest BCUT2D eigenvalue weighted by Gasteiger charge is 2.24. The van der Waals surface area contributed by atoms with E-state index in [9.17, 15) is 14.7 Å². The molecule has 0 aliphatic carbocycles. The monoisotopic (exact) mass is 416 g/mol. The molecule has 0 saturated heterocycles. The van der Waals surface area contributed by atoms with Gasteiger partial charge >= 0.3 is 12.1 Å². The Bertz CT molecular complexity index is 635. The van der Waals surface area contributed by atoms with Crippen LogP contribution >= 0.6 is 15.9 Å². The molecule has 0 fully saturated rings. The van der Waals surface area contributed by atoms with Crippen molar-refractivity contribution >= 4 is 33.7 Å². The van der Waals surface area contributed by atoms with E-state index in [0.717, 1.165) is 0 Å². The summed E-state index contributed by atoms with van der Waals surface area (Å²) < 4.78 is 10.9. The number of ether oxygens (including phenoxy) is 2. The molecular formula is C17H25BrN2O5. The van der Waals surface area contributed by atoms with Gasteiger partial charge in [-0.05, 0) is 63.5 Å². The molecule has 1 aromatic heterocycles. The number of hydrogen-bond donors (Lipinski definition) is 2. The number of anilines is 1. The van der Waals surface area contributed by atoms with Crippen LogP contribution in [0.15, 0.2) is 16.9 Å². The van der Waals surface area contributed by atoms with Crippen LogP contribution in [-0.2, 0) is 14.3 Å². The minimum atomic E-state index is -1.18. The molecule has 0 aromatic carbocycles. The Balaban J connectivity index is 2.92. The van der Waals surface area contributed by atoms with Crippen LogP contribution in [0.25, 0.3) is 0 Å². The second-order valence-electron chi connectivity index (χ2n) is 7.53. The lowest BCUT2D eigenvalue weighted by atomic mass is 10.1. The molecule has 0 spiro atoms. The van der Waals surface area contributed by atoms with Crippen molar-refractivity contribution < 1.29 is 24.2 Å². The summed E-state index contributed by atoms with van der Waals surface area (Å²) in [5, 5.41) is 12.9. The van der Waals surface area contributed by atoms with Crippen LogP contribution in [0, 0.1) is 0 Å². The summed E-state index contributed by atoms with van der Waals surface area (Å²) in [4.78, 5) is 27.9. The fourth-order valence-corrected chi connectivity index (χ4v) is 2.21. The number of esters is 1. The first-order chi connectivity index (χ1) is 11.3. The van der Waals surface area contributed by atoms with Crippen LogP contribution in [0.5, 0.6) is 0 Å². The fraction of sp³-hybridized carbons (Fsp3) is 0.588. The number of aliphatic hydroxyl groups is 1. The van der Waals surface area contributed by atoms with Gasteiger partial charge in [-0.15, -0.1) is 0 Å². The van der Waals surface area contributed by atoms with Crippen molar-refractivity contribution in [3.63, 3.8) is 0 Å². The first-order valence-electron chi connectivity index (χ1n) is 7.82. The smallest absolute Gasteiger partial charge is 0.412 e. The number of nitrogens with zero attached hydrogens (tertiary/aromatic N) is 1. The number of hydrogen-bond acceptors (Lipinski definition) is 6. The number of carbonyl (C=O) groups excluding carboxylic acids is 2. The molecule has 0 aliphatic heterocycles. The van der Waals surface area contributed by atoms with Gasteiger partial charge in [0.1, 0.15) is 15.8 Å². The standard InChI is InChI=1S/C17H25BrN2O5/c1-16(2,3)24-14(22)8-12(21)10-9-19-13(18)7-11(10)20-15(23)25-17(4,5)6/h7,9,12,21H,8H2,1-6H3,(H,19,20,23). The van der Waals surface area contributed by atoms with Gasteiger partial charge in [-0.1, -0.05) is 0 Å². The third-order valence-electron chi connectivity index (χ3n) is 2.68. The number of aliphatic hydroxyl groups excluding tert-OH is 1. The number of halogens is 1. The van der Waals surface area contributed by atoms with E-state index in [1.807, 2.05) is 0 Å². The van der Waals surface area contributed by atoms with Crippen LogP contribution in [0.2, 0.25) is 0 Å². The number of carbonyl (C=O) groups is 2. The number of nitrogens with one attached hydrogen (secondary N) is 1. The maximum Gasteiger partial charge on any atom is 0.412 e. The molecular weight excluding hydrogens is 392 g/mol. The Labute approximate surface area is 156 Å². The molecule has 1 aromatic rings. The number of pyridine rings is 1. The minimum Gasteiger partial charge on any atom is -0.460 e. The molecule has 7 nitrogen and oxygen atoms in total. The molecule has 2 N–H and O–H groups in total. The number of amides is 1. The highest BCUT2D eigenvalue weighted by molar-refractivity contribution is 9.10. The Hall–Kier alpha value is -1.67. The third-order valence-corrected chi connectivity index (χ3v) is 3.11. The first-order valence-corrected chi connectivity index (χ1v) is 8.61. The Kier molecular flexibility index (Phi) is 6.96. The Morgan fingerprint density at radius 1 is 1.20 bits per heavy atom. The summed E-state index contributed by atoms with van der Waals surface area (Å²) in [5.74, 6) is -0.550. The zero-order valence-corrected chi connectivity index (χ0v) is 16.9. The van der Waals surface area contributed by atoms with Crippen molar-refractivity contribution in [2.24, 2.45) is 0 Å². The van der Waals surface area contributed by atoms with Gasteiger partial charge in [-0.2, -0.15) is 0 Å². The van der Waals surface area contributed by atoms with Crippen LogP contribution in [0.1, 0.15) is 59.6 Å². The molecule has 1 atom stereocenters. The lowest BCUT2D eigenvalue weighted by Gasteiger charge is -2.22. The third kappa shape index (κ3) is 8.31. The number of rotatable bonds is 4. The summed E-state index contributed by atoms with van der Waals surface area (Å²) in [6.07, 6.45) is -0.730. The Morgan fingerprint density at radius 3 is 2.28 bits per heavy atom. The van der Waals surface area contributed by atoms with E-state index in [-0.39, 0.29) is 6.42 Å². The lowest BCUT2D eigenvalue weighted by molar-refractivity contribution is -0.157. The van der Waals surface area contributed by atoms with Gasteiger partial charge in [0.2, 0.25) is 0 Å². The second kappa shape index (κ2) is 8.14. The molecule has 0 radical (unpaired) electrons. The first kappa shape index (κ1) is 21.4. The molecule has 25 heavy (non-hydrogen) atoms. The van der Waals surface area contributed by atoms with Crippen LogP contribution < -0.4 is 5.32 Å². The predicted octanol–water partition coefficient (Wildman–Crippen LogP) is 3.96. The van der Waals surface area contributed by atoms with E-state index in [1.165, 1.54) is 12.3 Å². The van der Waals surface area contributed by atoms with Crippen molar-refractivity contribution in [1.82, 2.24) is 4.98 Å². The van der Waals surface area contributed by atoms with Crippen LogP contribution in [0.4, 0.5) is 10.5 Å². The van der Waals surface area contributed by atoms with Gasteiger partial charge in [-0.25, -0.2) is 9.78 Å². The lowest BCUT2D eigenvalue weighted by Crippen LogP contribution is -2.28. The van der Waals surface area contributed by atoms with Crippen molar-refractivity contribution in [2.75, 3.05) is 5.32 Å². The molecule has 1 heterocycles. The van der Waals surface area contributed by atoms with E-state index < -0.39 is 29.4 Å². The molecule has 0 bridgehead atoms. The Morgan fingerprint density at radius 2 is 1.76 bits per heavy atom. The van der Waals surface area contributed by atoms with Crippen molar-refractivity contribution in [3.8, 4) is 0 Å². The molecule has 1 amide bonds. The second-order valence-corrected chi connectivity index (χ2v) is 8.34. The predicted molar refractivity (Wildman–Crippen MR) is 97.2 cm³/mol. The summed E-state index contributed by atoms with van der Waals surface area (Å²) in [5.41, 5.74) is -0.720. The van der Waals surface area contributed by atoms with Crippen molar-refractivity contribution in [2.45, 2.75) is 65.3 Å². The fourth-order valence-electron chi connectivity index (χ4n) is 1.88. The van der Waals surface area contributed by atoms with Gasteiger partial charge in [0.15, 0.2) is 0 Å². The minimum absolute atomic E-state index is 0.260. The van der Waals surface area contributed by atoms with Gasteiger partial charge in [0.05, 0.1) is 18.2 Å². The maximum absolute atomic E-state index is 12.0. The largest absolute Gasteiger partial charge is 0.460 e. The van der Waals surface area contributed by atoms with E-state index in [1.54, 1.807) is 41.5 Å². The molecule has 8 heteroatoms. The highest BCUT2D eigenvalue weighted by Crippen LogP contribution is 2.28. The van der Waals surface area contributed by atoms with E-state index in [2.05, 4.69) is 26.2 Å². The zero-order chi connectivity index (χ0) is 19.4. The average molecular weight is 417 g/mol. The molecule has 0 aliphatic rings. The van der Waals surface area contributed by atoms with Gasteiger partial charge < -0.3 is 14.6 Å². The number of aromatic nitrogens is 1. The van der Waals surface area contributed by atoms with Crippen LogP contribution in [-0.4, -0.2) is 33.4 Å². The maximum atomic E-state index is 12.0. The van der Waals surface area contributed by atoms with E-state index >= 15 is 0 Å². The SMILES string of the molecule is CC(C)(C)OC(=O)CC(O)c1cnc(Br)cc1NC(=O)OC(C)(C)C. The van der Waals surface area contributed by atoms with Crippen LogP contribution in [0.3, 0.4) is 0 Å². The highest BCUT2D eigenvalue weighted by atomic mass is 79.9. The summed E-state index contributed by atoms with van der Waals surface area (Å²) in [7, 11) is 0. The zero-order valence-electron chi connectivity index (χ0n) is 15.3. The quantitative estimate of drug-likeness (QED) is 0.569. The topological polar surface area (TPSA) is 97.8 Å². The molecule has 1 rings (SSSR count). The van der Waals surface area contributed by atoms with E-state index in [0.29, 0.717) is 15.9 Å². The summed E-state index contributed by atoms with van der Waals surface area (Å²) in [6.45, 7) is 10.5. The molecule has 0 saturated carbocycles. The molecule has 1 unspecified atom stereocenters. The summed E-state index contributed by atoms with van der Waals surface area (Å²) >= 11 is 3.21. The van der Waals surface area contributed by atoms with E-state index in [4.69, 9.17) is 9.47 Å². The summed E-state index contributed by atoms with van der Waals surface area (Å²) in [6, 6.07) is 1.53. The average Bonchev–Trinajstić information content (AvgIpc) is 2.33. The van der Waals surface area contributed by atoms with Gasteiger partial charge in [0, 0.05) is 11.8 Å². The van der Waals surface area contributed by atoms with Crippen molar-refractivity contribution in [1.29, 1.82) is 0 Å². The van der Waals surface area contributed by atoms with Gasteiger partial charge in [0.25, 0.3) is 0 Å². The van der Waals surface area contributed by atoms with Crippen molar-refractivity contribution in [3.05, 3.63) is 22.4 Å². The van der Waals surface area contributed by atoms with Gasteiger partial charge in [-0.3, -0.25) is 10.1 Å². The normalized spacial score (nSPS) is 13.1. The molecule has 140 valence electrons.